The summed E-state index contributed by atoms with van der Waals surface area (Å²) in [6.07, 6.45) is 1.73. The SMILES string of the molecule is COCCOCC(=O)N(C)C(c1ccccc1)c1ccccn1. The summed E-state index contributed by atoms with van der Waals surface area (Å²) in [6.45, 7) is 0.894. The van der Waals surface area contributed by atoms with E-state index in [4.69, 9.17) is 9.47 Å². The molecule has 0 saturated heterocycles. The second-order valence-electron chi connectivity index (χ2n) is 5.12. The van der Waals surface area contributed by atoms with Gasteiger partial charge in [-0.15, -0.1) is 0 Å². The minimum Gasteiger partial charge on any atom is -0.382 e. The molecule has 1 atom stereocenters. The van der Waals surface area contributed by atoms with Crippen molar-refractivity contribution in [1.82, 2.24) is 9.88 Å². The Morgan fingerprint density at radius 2 is 1.87 bits per heavy atom. The zero-order chi connectivity index (χ0) is 16.5. The maximum absolute atomic E-state index is 12.4. The lowest BCUT2D eigenvalue weighted by molar-refractivity contribution is -0.136. The van der Waals surface area contributed by atoms with Crippen molar-refractivity contribution < 1.29 is 14.3 Å². The smallest absolute Gasteiger partial charge is 0.249 e. The Kier molecular flexibility index (Phi) is 6.72. The molecule has 1 aromatic carbocycles. The number of carbonyl (C=O) groups is 1. The first-order valence-electron chi connectivity index (χ1n) is 7.52. The number of aromatic nitrogens is 1. The minimum atomic E-state index is -0.240. The molecule has 2 aromatic rings. The number of methoxy groups -OCH3 is 1. The van der Waals surface area contributed by atoms with E-state index in [1.165, 1.54) is 0 Å². The van der Waals surface area contributed by atoms with Crippen LogP contribution in [0.25, 0.3) is 0 Å². The van der Waals surface area contributed by atoms with Gasteiger partial charge >= 0.3 is 0 Å². The fourth-order valence-corrected chi connectivity index (χ4v) is 2.31. The topological polar surface area (TPSA) is 51.7 Å². The molecule has 1 amide bonds. The molecule has 5 heteroatoms. The molecular weight excluding hydrogens is 292 g/mol. The molecule has 122 valence electrons. The monoisotopic (exact) mass is 314 g/mol. The molecule has 1 aromatic heterocycles. The molecule has 1 heterocycles. The molecule has 0 saturated carbocycles. The van der Waals surface area contributed by atoms with E-state index in [1.54, 1.807) is 25.3 Å². The highest BCUT2D eigenvalue weighted by Gasteiger charge is 2.24. The Balaban J connectivity index is 2.15. The van der Waals surface area contributed by atoms with E-state index in [0.29, 0.717) is 13.2 Å². The van der Waals surface area contributed by atoms with E-state index >= 15 is 0 Å². The standard InChI is InChI=1S/C18H22N2O3/c1-20(17(21)14-23-13-12-22-2)18(15-8-4-3-5-9-15)16-10-6-7-11-19-16/h3-11,18H,12-14H2,1-2H3. The number of ether oxygens (including phenoxy) is 2. The summed E-state index contributed by atoms with van der Waals surface area (Å²) in [4.78, 5) is 18.5. The van der Waals surface area contributed by atoms with Gasteiger partial charge in [0, 0.05) is 20.4 Å². The summed E-state index contributed by atoms with van der Waals surface area (Å²) in [5.41, 5.74) is 1.84. The van der Waals surface area contributed by atoms with Crippen LogP contribution < -0.4 is 0 Å². The van der Waals surface area contributed by atoms with Gasteiger partial charge in [0.05, 0.1) is 24.9 Å². The van der Waals surface area contributed by atoms with Crippen molar-refractivity contribution in [3.63, 3.8) is 0 Å². The third-order valence-corrected chi connectivity index (χ3v) is 3.52. The molecule has 0 N–H and O–H groups in total. The second kappa shape index (κ2) is 9.02. The Labute approximate surface area is 136 Å². The van der Waals surface area contributed by atoms with Crippen LogP contribution in [0.15, 0.2) is 54.7 Å². The Morgan fingerprint density at radius 1 is 1.13 bits per heavy atom. The van der Waals surface area contributed by atoms with Gasteiger partial charge < -0.3 is 14.4 Å². The highest BCUT2D eigenvalue weighted by atomic mass is 16.5. The second-order valence-corrected chi connectivity index (χ2v) is 5.12. The summed E-state index contributed by atoms with van der Waals surface area (Å²) in [5, 5.41) is 0. The van der Waals surface area contributed by atoms with Gasteiger partial charge in [0.15, 0.2) is 0 Å². The first-order valence-corrected chi connectivity index (χ1v) is 7.52. The third kappa shape index (κ3) is 4.87. The van der Waals surface area contributed by atoms with E-state index in [-0.39, 0.29) is 18.6 Å². The van der Waals surface area contributed by atoms with Crippen molar-refractivity contribution in [3.8, 4) is 0 Å². The van der Waals surface area contributed by atoms with Crippen LogP contribution in [0.3, 0.4) is 0 Å². The Bertz CT molecular complexity index is 550. The van der Waals surface area contributed by atoms with Crippen molar-refractivity contribution in [2.24, 2.45) is 0 Å². The molecular formula is C18H22N2O3. The van der Waals surface area contributed by atoms with Crippen molar-refractivity contribution in [2.45, 2.75) is 6.04 Å². The summed E-state index contributed by atoms with van der Waals surface area (Å²) in [6, 6.07) is 15.3. The van der Waals surface area contributed by atoms with Crippen LogP contribution >= 0.6 is 0 Å². The molecule has 0 spiro atoms. The van der Waals surface area contributed by atoms with Gasteiger partial charge in [0.1, 0.15) is 6.61 Å². The van der Waals surface area contributed by atoms with Gasteiger partial charge in [0.25, 0.3) is 0 Å². The predicted octanol–water partition coefficient (Wildman–Crippen LogP) is 2.29. The fraction of sp³-hybridized carbons (Fsp3) is 0.333. The highest BCUT2D eigenvalue weighted by Crippen LogP contribution is 2.25. The molecule has 0 aliphatic rings. The van der Waals surface area contributed by atoms with Gasteiger partial charge in [-0.05, 0) is 17.7 Å². The molecule has 0 aliphatic heterocycles. The van der Waals surface area contributed by atoms with Gasteiger partial charge in [-0.1, -0.05) is 36.4 Å². The maximum atomic E-state index is 12.4. The van der Waals surface area contributed by atoms with Crippen LogP contribution in [0.4, 0.5) is 0 Å². The number of nitrogens with zero attached hydrogens (tertiary/aromatic N) is 2. The molecule has 2 rings (SSSR count). The largest absolute Gasteiger partial charge is 0.382 e. The number of hydrogen-bond donors (Lipinski definition) is 0. The summed E-state index contributed by atoms with van der Waals surface area (Å²) >= 11 is 0. The van der Waals surface area contributed by atoms with Crippen molar-refractivity contribution >= 4 is 5.91 Å². The maximum Gasteiger partial charge on any atom is 0.249 e. The van der Waals surface area contributed by atoms with Crippen LogP contribution in [0.5, 0.6) is 0 Å². The average molecular weight is 314 g/mol. The summed E-state index contributed by atoms with van der Waals surface area (Å²) in [7, 11) is 3.37. The summed E-state index contributed by atoms with van der Waals surface area (Å²) in [5.74, 6) is -0.0967. The lowest BCUT2D eigenvalue weighted by Crippen LogP contribution is -2.35. The first kappa shape index (κ1) is 17.1. The van der Waals surface area contributed by atoms with Crippen LogP contribution in [-0.2, 0) is 14.3 Å². The van der Waals surface area contributed by atoms with Crippen molar-refractivity contribution in [2.75, 3.05) is 34.0 Å². The number of benzene rings is 1. The number of hydrogen-bond acceptors (Lipinski definition) is 4. The first-order chi connectivity index (χ1) is 11.2. The number of rotatable bonds is 8. The highest BCUT2D eigenvalue weighted by molar-refractivity contribution is 5.78. The number of carbonyl (C=O) groups excluding carboxylic acids is 1. The van der Waals surface area contributed by atoms with Crippen LogP contribution in [0, 0.1) is 0 Å². The van der Waals surface area contributed by atoms with Crippen molar-refractivity contribution in [3.05, 3.63) is 66.0 Å². The number of amides is 1. The normalized spacial score (nSPS) is 11.9. The lowest BCUT2D eigenvalue weighted by Gasteiger charge is -2.28. The summed E-state index contributed by atoms with van der Waals surface area (Å²) < 4.78 is 10.3. The van der Waals surface area contributed by atoms with E-state index in [9.17, 15) is 4.79 Å². The number of pyridine rings is 1. The fourth-order valence-electron chi connectivity index (χ4n) is 2.31. The minimum absolute atomic E-state index is 0.0238. The quantitative estimate of drug-likeness (QED) is 0.702. The van der Waals surface area contributed by atoms with Crippen molar-refractivity contribution in [1.29, 1.82) is 0 Å². The molecule has 0 radical (unpaired) electrons. The molecule has 0 fully saturated rings. The van der Waals surface area contributed by atoms with E-state index < -0.39 is 0 Å². The van der Waals surface area contributed by atoms with Crippen LogP contribution in [0.1, 0.15) is 17.3 Å². The van der Waals surface area contributed by atoms with Gasteiger partial charge in [-0.3, -0.25) is 9.78 Å². The lowest BCUT2D eigenvalue weighted by atomic mass is 10.0. The van der Waals surface area contributed by atoms with Gasteiger partial charge in [-0.25, -0.2) is 0 Å². The van der Waals surface area contributed by atoms with E-state index in [1.807, 2.05) is 48.5 Å². The van der Waals surface area contributed by atoms with Crippen LogP contribution in [-0.4, -0.2) is 49.8 Å². The predicted molar refractivity (Wildman–Crippen MR) is 88.0 cm³/mol. The molecule has 1 unspecified atom stereocenters. The number of likely N-dealkylation sites (N-methyl/N-ethyl adjacent to an activating group) is 1. The molecule has 23 heavy (non-hydrogen) atoms. The molecule has 0 bridgehead atoms. The van der Waals surface area contributed by atoms with E-state index in [2.05, 4.69) is 4.98 Å². The molecule has 0 aliphatic carbocycles. The zero-order valence-electron chi connectivity index (χ0n) is 13.5. The third-order valence-electron chi connectivity index (χ3n) is 3.52. The van der Waals surface area contributed by atoms with Gasteiger partial charge in [0.2, 0.25) is 5.91 Å². The molecule has 5 nitrogen and oxygen atoms in total. The zero-order valence-corrected chi connectivity index (χ0v) is 13.5. The Hall–Kier alpha value is -2.24. The van der Waals surface area contributed by atoms with Gasteiger partial charge in [-0.2, -0.15) is 0 Å². The Morgan fingerprint density at radius 3 is 2.52 bits per heavy atom. The van der Waals surface area contributed by atoms with E-state index in [0.717, 1.165) is 11.3 Å². The van der Waals surface area contributed by atoms with Crippen LogP contribution in [0.2, 0.25) is 0 Å². The average Bonchev–Trinajstić information content (AvgIpc) is 2.60.